The third kappa shape index (κ3) is 3.28. The van der Waals surface area contributed by atoms with E-state index in [1.165, 1.54) is 5.56 Å². The minimum atomic E-state index is 0.239. The summed E-state index contributed by atoms with van der Waals surface area (Å²) >= 11 is 0. The maximum Gasteiger partial charge on any atom is 0.0852 e. The Morgan fingerprint density at radius 2 is 1.85 bits per heavy atom. The summed E-state index contributed by atoms with van der Waals surface area (Å²) in [5, 5.41) is 0. The van der Waals surface area contributed by atoms with Crippen LogP contribution in [0, 0.1) is 0 Å². The Morgan fingerprint density at radius 1 is 1.23 bits per heavy atom. The Bertz CT molecular complexity index is 265. The van der Waals surface area contributed by atoms with E-state index in [1.807, 2.05) is 43.5 Å². The molecule has 0 spiro atoms. The lowest BCUT2D eigenvalue weighted by Gasteiger charge is -2.08. The molecule has 70 valence electrons. The predicted octanol–water partition coefficient (Wildman–Crippen LogP) is 2.34. The quantitative estimate of drug-likeness (QED) is 0.510. The van der Waals surface area contributed by atoms with Crippen LogP contribution in [-0.4, -0.2) is 25.3 Å². The standard InChI is InChI=1S/C11H16N2/c1-10(12-9-13(2)3)11-7-5-4-6-8-11/h4-10H,1-3H3/t10-/m0/s1. The van der Waals surface area contributed by atoms with Gasteiger partial charge in [0, 0.05) is 14.1 Å². The van der Waals surface area contributed by atoms with Crippen LogP contribution in [-0.2, 0) is 0 Å². The summed E-state index contributed by atoms with van der Waals surface area (Å²) in [5.41, 5.74) is 1.25. The second-order valence-corrected chi connectivity index (χ2v) is 3.31. The first-order valence-corrected chi connectivity index (χ1v) is 4.45. The summed E-state index contributed by atoms with van der Waals surface area (Å²) in [4.78, 5) is 6.34. The van der Waals surface area contributed by atoms with Gasteiger partial charge in [-0.1, -0.05) is 30.3 Å². The molecule has 2 heteroatoms. The van der Waals surface area contributed by atoms with E-state index in [1.54, 1.807) is 0 Å². The van der Waals surface area contributed by atoms with Crippen molar-refractivity contribution in [2.45, 2.75) is 13.0 Å². The maximum absolute atomic E-state index is 4.39. The molecule has 0 heterocycles. The number of nitrogens with zero attached hydrogens (tertiary/aromatic N) is 2. The smallest absolute Gasteiger partial charge is 0.0852 e. The van der Waals surface area contributed by atoms with E-state index in [0.29, 0.717) is 0 Å². The average Bonchev–Trinajstić information content (AvgIpc) is 2.15. The number of aliphatic imine (C=N–C) groups is 1. The second-order valence-electron chi connectivity index (χ2n) is 3.31. The van der Waals surface area contributed by atoms with Crippen LogP contribution < -0.4 is 0 Å². The molecule has 1 rings (SSSR count). The molecule has 0 aromatic heterocycles. The number of rotatable bonds is 3. The molecule has 13 heavy (non-hydrogen) atoms. The first-order valence-electron chi connectivity index (χ1n) is 4.45. The van der Waals surface area contributed by atoms with E-state index in [-0.39, 0.29) is 6.04 Å². The molecule has 0 N–H and O–H groups in total. The molecular weight excluding hydrogens is 160 g/mol. The zero-order valence-electron chi connectivity index (χ0n) is 8.44. The van der Waals surface area contributed by atoms with E-state index in [4.69, 9.17) is 0 Å². The fraction of sp³-hybridized carbons (Fsp3) is 0.364. The molecule has 1 aromatic carbocycles. The highest BCUT2D eigenvalue weighted by Crippen LogP contribution is 2.14. The van der Waals surface area contributed by atoms with Gasteiger partial charge in [0.15, 0.2) is 0 Å². The highest BCUT2D eigenvalue weighted by molar-refractivity contribution is 5.54. The minimum absolute atomic E-state index is 0.239. The highest BCUT2D eigenvalue weighted by atomic mass is 15.1. The normalized spacial score (nSPS) is 13.2. The van der Waals surface area contributed by atoms with Crippen LogP contribution in [0.25, 0.3) is 0 Å². The van der Waals surface area contributed by atoms with Crippen molar-refractivity contribution >= 4 is 6.34 Å². The van der Waals surface area contributed by atoms with Gasteiger partial charge in [-0.05, 0) is 12.5 Å². The molecule has 0 aliphatic rings. The van der Waals surface area contributed by atoms with Crippen molar-refractivity contribution in [2.75, 3.05) is 14.1 Å². The van der Waals surface area contributed by atoms with Crippen molar-refractivity contribution in [3.05, 3.63) is 35.9 Å². The van der Waals surface area contributed by atoms with Crippen LogP contribution in [0.5, 0.6) is 0 Å². The lowest BCUT2D eigenvalue weighted by molar-refractivity contribution is 0.630. The monoisotopic (exact) mass is 176 g/mol. The van der Waals surface area contributed by atoms with Gasteiger partial charge in [-0.3, -0.25) is 4.99 Å². The van der Waals surface area contributed by atoms with Crippen molar-refractivity contribution in [1.82, 2.24) is 4.90 Å². The van der Waals surface area contributed by atoms with Crippen LogP contribution in [0.3, 0.4) is 0 Å². The molecule has 0 bridgehead atoms. The van der Waals surface area contributed by atoms with Gasteiger partial charge in [-0.25, -0.2) is 0 Å². The van der Waals surface area contributed by atoms with Gasteiger partial charge in [0.25, 0.3) is 0 Å². The van der Waals surface area contributed by atoms with E-state index < -0.39 is 0 Å². The van der Waals surface area contributed by atoms with E-state index in [9.17, 15) is 0 Å². The highest BCUT2D eigenvalue weighted by Gasteiger charge is 1.99. The lowest BCUT2D eigenvalue weighted by Crippen LogP contribution is -2.08. The Balaban J connectivity index is 2.64. The maximum atomic E-state index is 4.39. The summed E-state index contributed by atoms with van der Waals surface area (Å²) < 4.78 is 0. The summed E-state index contributed by atoms with van der Waals surface area (Å²) in [5.74, 6) is 0. The number of hydrogen-bond donors (Lipinski definition) is 0. The summed E-state index contributed by atoms with van der Waals surface area (Å²) in [7, 11) is 3.95. The van der Waals surface area contributed by atoms with Gasteiger partial charge in [0.2, 0.25) is 0 Å². The largest absolute Gasteiger partial charge is 0.369 e. The Labute approximate surface area is 79.9 Å². The number of benzene rings is 1. The molecular formula is C11H16N2. The third-order valence-corrected chi connectivity index (χ3v) is 1.80. The van der Waals surface area contributed by atoms with Crippen molar-refractivity contribution in [1.29, 1.82) is 0 Å². The molecule has 0 aliphatic heterocycles. The molecule has 2 nitrogen and oxygen atoms in total. The predicted molar refractivity (Wildman–Crippen MR) is 57.0 cm³/mol. The molecule has 0 saturated heterocycles. The molecule has 0 unspecified atom stereocenters. The van der Waals surface area contributed by atoms with Gasteiger partial charge in [0.1, 0.15) is 0 Å². The lowest BCUT2D eigenvalue weighted by atomic mass is 10.1. The minimum Gasteiger partial charge on any atom is -0.369 e. The van der Waals surface area contributed by atoms with Crippen LogP contribution >= 0.6 is 0 Å². The molecule has 0 fully saturated rings. The van der Waals surface area contributed by atoms with E-state index >= 15 is 0 Å². The Hall–Kier alpha value is -1.31. The molecule has 0 saturated carbocycles. The van der Waals surface area contributed by atoms with Gasteiger partial charge in [0.05, 0.1) is 12.4 Å². The zero-order chi connectivity index (χ0) is 9.68. The van der Waals surface area contributed by atoms with Crippen LogP contribution in [0.1, 0.15) is 18.5 Å². The first-order chi connectivity index (χ1) is 6.20. The van der Waals surface area contributed by atoms with Gasteiger partial charge in [-0.15, -0.1) is 0 Å². The van der Waals surface area contributed by atoms with Gasteiger partial charge in [-0.2, -0.15) is 0 Å². The summed E-state index contributed by atoms with van der Waals surface area (Å²) in [6.07, 6.45) is 1.84. The zero-order valence-corrected chi connectivity index (χ0v) is 8.44. The Kier molecular flexibility index (Phi) is 3.50. The van der Waals surface area contributed by atoms with Crippen LogP contribution in [0.15, 0.2) is 35.3 Å². The van der Waals surface area contributed by atoms with Crippen molar-refractivity contribution < 1.29 is 0 Å². The van der Waals surface area contributed by atoms with E-state index in [0.717, 1.165) is 0 Å². The molecule has 0 aliphatic carbocycles. The third-order valence-electron chi connectivity index (χ3n) is 1.80. The summed E-state index contributed by atoms with van der Waals surface area (Å²) in [6.45, 7) is 2.09. The molecule has 1 aromatic rings. The topological polar surface area (TPSA) is 15.6 Å². The van der Waals surface area contributed by atoms with Gasteiger partial charge >= 0.3 is 0 Å². The SMILES string of the molecule is C[C@H](N=CN(C)C)c1ccccc1. The number of hydrogen-bond acceptors (Lipinski definition) is 1. The average molecular weight is 176 g/mol. The van der Waals surface area contributed by atoms with Crippen molar-refractivity contribution in [2.24, 2.45) is 4.99 Å². The van der Waals surface area contributed by atoms with E-state index in [2.05, 4.69) is 24.0 Å². The fourth-order valence-corrected chi connectivity index (χ4v) is 1.05. The molecule has 0 radical (unpaired) electrons. The summed E-state index contributed by atoms with van der Waals surface area (Å²) in [6, 6.07) is 10.5. The van der Waals surface area contributed by atoms with Crippen LogP contribution in [0.2, 0.25) is 0 Å². The van der Waals surface area contributed by atoms with Crippen molar-refractivity contribution in [3.63, 3.8) is 0 Å². The second kappa shape index (κ2) is 4.65. The fourth-order valence-electron chi connectivity index (χ4n) is 1.05. The van der Waals surface area contributed by atoms with Gasteiger partial charge < -0.3 is 4.90 Å². The Morgan fingerprint density at radius 3 is 2.38 bits per heavy atom. The first kappa shape index (κ1) is 9.78. The van der Waals surface area contributed by atoms with Crippen LogP contribution in [0.4, 0.5) is 0 Å². The molecule has 1 atom stereocenters. The molecule has 0 amide bonds. The van der Waals surface area contributed by atoms with Crippen molar-refractivity contribution in [3.8, 4) is 0 Å².